The summed E-state index contributed by atoms with van der Waals surface area (Å²) in [5.41, 5.74) is 3.90. The Kier molecular flexibility index (Phi) is 9.75. The van der Waals surface area contributed by atoms with E-state index in [1.807, 2.05) is 37.3 Å². The second kappa shape index (κ2) is 13.8. The summed E-state index contributed by atoms with van der Waals surface area (Å²) in [5, 5.41) is 6.53. The molecule has 0 aliphatic carbocycles. The topological polar surface area (TPSA) is 104 Å². The second-order valence-electron chi connectivity index (χ2n) is 10.1. The van der Waals surface area contributed by atoms with Crippen molar-refractivity contribution in [2.24, 2.45) is 5.92 Å². The van der Waals surface area contributed by atoms with E-state index < -0.39 is 25.1 Å². The normalized spacial score (nSPS) is 17.1. The van der Waals surface area contributed by atoms with Gasteiger partial charge in [-0.25, -0.2) is 28.4 Å². The summed E-state index contributed by atoms with van der Waals surface area (Å²) in [6, 6.07) is 12.3. The molecule has 0 bridgehead atoms. The predicted octanol–water partition coefficient (Wildman–Crippen LogP) is 4.57. The molecule has 4 heterocycles. The second-order valence-corrected chi connectivity index (χ2v) is 10.1. The van der Waals surface area contributed by atoms with E-state index in [9.17, 15) is 18.0 Å². The molecular formula is C30H31F3N6O4. The summed E-state index contributed by atoms with van der Waals surface area (Å²) in [7, 11) is 1.60. The number of para-hydroxylation sites is 1. The van der Waals surface area contributed by atoms with Crippen molar-refractivity contribution in [3.63, 3.8) is 0 Å². The number of alkyl halides is 2. The number of methoxy groups -OCH3 is 1. The molecule has 1 fully saturated rings. The lowest BCUT2D eigenvalue weighted by Crippen LogP contribution is -2.24. The summed E-state index contributed by atoms with van der Waals surface area (Å²) < 4.78 is 50.7. The lowest BCUT2D eigenvalue weighted by molar-refractivity contribution is -0.155. The number of halogens is 3. The molecule has 1 aliphatic rings. The number of ether oxygens (including phenoxy) is 2. The number of hydrogen-bond acceptors (Lipinski definition) is 9. The Morgan fingerprint density at radius 1 is 1.14 bits per heavy atom. The summed E-state index contributed by atoms with van der Waals surface area (Å²) >= 11 is 0. The van der Waals surface area contributed by atoms with E-state index in [4.69, 9.17) is 19.4 Å². The molecular weight excluding hydrogens is 565 g/mol. The van der Waals surface area contributed by atoms with E-state index in [0.29, 0.717) is 42.2 Å². The van der Waals surface area contributed by atoms with E-state index >= 15 is 0 Å². The molecule has 226 valence electrons. The molecule has 10 nitrogen and oxygen atoms in total. The molecule has 0 unspecified atom stereocenters. The van der Waals surface area contributed by atoms with Gasteiger partial charge in [-0.15, -0.1) is 0 Å². The van der Waals surface area contributed by atoms with Gasteiger partial charge in [0.2, 0.25) is 5.95 Å². The highest BCUT2D eigenvalue weighted by Crippen LogP contribution is 2.37. The molecule has 0 spiro atoms. The van der Waals surface area contributed by atoms with Crippen LogP contribution in [0.2, 0.25) is 0 Å². The maximum absolute atomic E-state index is 14.0. The van der Waals surface area contributed by atoms with Gasteiger partial charge in [0.1, 0.15) is 11.9 Å². The molecule has 0 N–H and O–H groups in total. The zero-order valence-electron chi connectivity index (χ0n) is 23.7. The minimum atomic E-state index is -2.64. The first-order valence-corrected chi connectivity index (χ1v) is 13.7. The van der Waals surface area contributed by atoms with Gasteiger partial charge in [-0.1, -0.05) is 18.2 Å². The van der Waals surface area contributed by atoms with E-state index in [1.165, 1.54) is 24.7 Å². The van der Waals surface area contributed by atoms with Gasteiger partial charge >= 0.3 is 6.01 Å². The first kappa shape index (κ1) is 30.3. The summed E-state index contributed by atoms with van der Waals surface area (Å²) in [5.74, 6) is -0.886. The van der Waals surface area contributed by atoms with Crippen molar-refractivity contribution in [3.8, 4) is 23.0 Å². The lowest BCUT2D eigenvalue weighted by atomic mass is 9.91. The number of rotatable bonds is 13. The van der Waals surface area contributed by atoms with E-state index in [2.05, 4.69) is 15.0 Å². The molecule has 43 heavy (non-hydrogen) atoms. The highest BCUT2D eigenvalue weighted by molar-refractivity contribution is 5.82. The number of carbonyl (C=O) groups is 1. The molecule has 0 saturated carbocycles. The van der Waals surface area contributed by atoms with Crippen molar-refractivity contribution in [2.45, 2.75) is 32.3 Å². The Morgan fingerprint density at radius 3 is 2.60 bits per heavy atom. The minimum absolute atomic E-state index is 0.0413. The van der Waals surface area contributed by atoms with Crippen LogP contribution in [-0.2, 0) is 20.8 Å². The molecule has 13 heteroatoms. The number of hydroxylamine groups is 2. The van der Waals surface area contributed by atoms with Crippen LogP contribution in [-0.4, -0.2) is 75.4 Å². The predicted molar refractivity (Wildman–Crippen MR) is 149 cm³/mol. The van der Waals surface area contributed by atoms with Gasteiger partial charge in [0.25, 0.3) is 6.43 Å². The van der Waals surface area contributed by atoms with Crippen molar-refractivity contribution < 1.29 is 32.3 Å². The Balaban J connectivity index is 1.40. The fourth-order valence-corrected chi connectivity index (χ4v) is 5.08. The summed E-state index contributed by atoms with van der Waals surface area (Å²) in [6.07, 6.45) is 1.40. The number of hydrogen-bond donors (Lipinski definition) is 0. The maximum Gasteiger partial charge on any atom is 0.316 e. The Labute approximate surface area is 246 Å². The maximum atomic E-state index is 14.0. The van der Waals surface area contributed by atoms with Gasteiger partial charge < -0.3 is 9.47 Å². The third-order valence-corrected chi connectivity index (χ3v) is 7.09. The first-order chi connectivity index (χ1) is 20.8. The number of ketones is 1. The number of nitrogens with zero attached hydrogens (tertiary/aromatic N) is 6. The monoisotopic (exact) mass is 596 g/mol. The van der Waals surface area contributed by atoms with Crippen LogP contribution in [0.5, 0.6) is 6.01 Å². The average Bonchev–Trinajstić information content (AvgIpc) is 3.56. The Hall–Kier alpha value is -4.20. The molecule has 0 amide bonds. The lowest BCUT2D eigenvalue weighted by Gasteiger charge is -2.17. The number of Topliss-reactive ketones (excluding diaryl/α,β-unsaturated/α-hetero) is 1. The Morgan fingerprint density at radius 2 is 1.91 bits per heavy atom. The Bertz CT molecular complexity index is 1520. The van der Waals surface area contributed by atoms with Gasteiger partial charge in [0.05, 0.1) is 23.7 Å². The van der Waals surface area contributed by atoms with Crippen LogP contribution >= 0.6 is 0 Å². The molecule has 3 aromatic heterocycles. The number of carbonyl (C=O) groups excluding carboxylic acids is 1. The van der Waals surface area contributed by atoms with Crippen molar-refractivity contribution in [3.05, 3.63) is 83.8 Å². The van der Waals surface area contributed by atoms with E-state index in [-0.39, 0.29) is 30.6 Å². The van der Waals surface area contributed by atoms with Crippen LogP contribution in [0, 0.1) is 18.8 Å². The largest absolute Gasteiger partial charge is 0.457 e. The van der Waals surface area contributed by atoms with Crippen LogP contribution in [0.15, 0.2) is 61.1 Å². The van der Waals surface area contributed by atoms with E-state index in [0.717, 1.165) is 11.3 Å². The van der Waals surface area contributed by atoms with Crippen LogP contribution in [0.1, 0.15) is 29.3 Å². The molecule has 1 aliphatic heterocycles. The van der Waals surface area contributed by atoms with Gasteiger partial charge in [0.15, 0.2) is 6.61 Å². The van der Waals surface area contributed by atoms with Crippen LogP contribution in [0.4, 0.5) is 13.2 Å². The van der Waals surface area contributed by atoms with Gasteiger partial charge in [-0.3, -0.25) is 9.63 Å². The fraction of sp³-hybridized carbons (Fsp3) is 0.367. The average molecular weight is 597 g/mol. The highest BCUT2D eigenvalue weighted by Gasteiger charge is 2.37. The minimum Gasteiger partial charge on any atom is -0.457 e. The smallest absolute Gasteiger partial charge is 0.316 e. The molecule has 5 rings (SSSR count). The molecule has 1 saturated heterocycles. The fourth-order valence-electron chi connectivity index (χ4n) is 5.08. The molecule has 4 aromatic rings. The summed E-state index contributed by atoms with van der Waals surface area (Å²) in [6.45, 7) is 2.48. The summed E-state index contributed by atoms with van der Waals surface area (Å²) in [4.78, 5) is 31.5. The standard InChI is InChI=1S/C30H31F3N6O4/c1-19-25(14-24(40)12-21-17-38(10-11-41-2)43-29(21)20-8-9-34-27(33)13-20)39(23-6-4-3-5-7-23)37-28(19)22-15-35-30(36-16-22)42-18-26(31)32/h3-9,13,15-16,21,26,29H,10-12,14,17-18H2,1-2H3/t21-,29+/m1/s1. The first-order valence-electron chi connectivity index (χ1n) is 13.7. The number of pyridine rings is 1. The van der Waals surface area contributed by atoms with E-state index in [1.54, 1.807) is 22.9 Å². The van der Waals surface area contributed by atoms with Crippen molar-refractivity contribution in [2.75, 3.05) is 33.4 Å². The zero-order valence-corrected chi connectivity index (χ0v) is 23.7. The van der Waals surface area contributed by atoms with Crippen LogP contribution in [0.25, 0.3) is 16.9 Å². The number of aromatic nitrogens is 5. The van der Waals surface area contributed by atoms with Crippen LogP contribution < -0.4 is 4.74 Å². The zero-order chi connectivity index (χ0) is 30.3. The van der Waals surface area contributed by atoms with Gasteiger partial charge in [0, 0.05) is 63.1 Å². The SMILES string of the molecule is COCCN1C[C@@H](CC(=O)Cc2c(C)c(-c3cnc(OCC(F)F)nc3)nn2-c2ccccc2)[C@H](c2ccnc(F)c2)O1. The van der Waals surface area contributed by atoms with Crippen molar-refractivity contribution >= 4 is 5.78 Å². The molecule has 1 aromatic carbocycles. The molecule has 0 radical (unpaired) electrons. The van der Waals surface area contributed by atoms with Gasteiger partial charge in [-0.05, 0) is 42.3 Å². The van der Waals surface area contributed by atoms with Crippen molar-refractivity contribution in [1.29, 1.82) is 0 Å². The van der Waals surface area contributed by atoms with Crippen LogP contribution in [0.3, 0.4) is 0 Å². The third kappa shape index (κ3) is 7.42. The van der Waals surface area contributed by atoms with Gasteiger partial charge in [-0.2, -0.15) is 14.6 Å². The quantitative estimate of drug-likeness (QED) is 0.205. The van der Waals surface area contributed by atoms with Crippen molar-refractivity contribution in [1.82, 2.24) is 29.8 Å². The molecule has 2 atom stereocenters. The number of benzene rings is 1. The highest BCUT2D eigenvalue weighted by atomic mass is 19.3. The third-order valence-electron chi connectivity index (χ3n) is 7.09.